The molecule has 2 bridgehead atoms. The maximum absolute atomic E-state index is 11.3. The zero-order valence-electron chi connectivity index (χ0n) is 8.90. The topological polar surface area (TPSA) is 32.8 Å². The first kappa shape index (κ1) is 9.77. The number of carbonyl (C=O) groups is 1. The van der Waals surface area contributed by atoms with Crippen molar-refractivity contribution in [3.63, 3.8) is 0 Å². The zero-order valence-corrected chi connectivity index (χ0v) is 8.90. The summed E-state index contributed by atoms with van der Waals surface area (Å²) in [6.07, 6.45) is 2.29. The summed E-state index contributed by atoms with van der Waals surface area (Å²) >= 11 is 0. The summed E-state index contributed by atoms with van der Waals surface area (Å²) in [7, 11) is 1.45. The number of piperidine rings is 1. The predicted molar refractivity (Wildman–Crippen MR) is 53.2 cm³/mol. The van der Waals surface area contributed by atoms with Crippen molar-refractivity contribution in [2.75, 3.05) is 26.7 Å². The standard InChI is InChI=1S/C10H18N2O2/c1-3-4-12-8-5-9(12)7-11(6-8)10(13)14-2/h8-9H,3-7H2,1-2H3. The Morgan fingerprint density at radius 3 is 2.57 bits per heavy atom. The molecular formula is C10H18N2O2. The van der Waals surface area contributed by atoms with E-state index in [0.29, 0.717) is 12.1 Å². The fraction of sp³-hybridized carbons (Fsp3) is 0.900. The van der Waals surface area contributed by atoms with Gasteiger partial charge in [0.2, 0.25) is 0 Å². The zero-order chi connectivity index (χ0) is 10.1. The van der Waals surface area contributed by atoms with Crippen molar-refractivity contribution in [3.05, 3.63) is 0 Å². The first-order valence-corrected chi connectivity index (χ1v) is 5.35. The number of fused-ring (bicyclic) bond motifs is 2. The monoisotopic (exact) mass is 198 g/mol. The SMILES string of the molecule is CCCN1C2CC1CN(C(=O)OC)C2. The molecular weight excluding hydrogens is 180 g/mol. The van der Waals surface area contributed by atoms with E-state index < -0.39 is 0 Å². The van der Waals surface area contributed by atoms with Gasteiger partial charge in [0.25, 0.3) is 0 Å². The number of hydrogen-bond donors (Lipinski definition) is 0. The summed E-state index contributed by atoms with van der Waals surface area (Å²) in [5.74, 6) is 0. The van der Waals surface area contributed by atoms with E-state index in [1.165, 1.54) is 26.5 Å². The van der Waals surface area contributed by atoms with Crippen LogP contribution < -0.4 is 0 Å². The van der Waals surface area contributed by atoms with E-state index >= 15 is 0 Å². The highest BCUT2D eigenvalue weighted by atomic mass is 16.5. The van der Waals surface area contributed by atoms with Crippen LogP contribution in [0.3, 0.4) is 0 Å². The fourth-order valence-corrected chi connectivity index (χ4v) is 2.59. The summed E-state index contributed by atoms with van der Waals surface area (Å²) in [5, 5.41) is 0. The van der Waals surface area contributed by atoms with E-state index in [4.69, 9.17) is 4.74 Å². The van der Waals surface area contributed by atoms with Crippen molar-refractivity contribution in [1.82, 2.24) is 9.80 Å². The average molecular weight is 198 g/mol. The molecule has 3 aliphatic rings. The molecule has 3 aliphatic heterocycles. The summed E-state index contributed by atoms with van der Waals surface area (Å²) < 4.78 is 4.72. The van der Waals surface area contributed by atoms with Crippen molar-refractivity contribution >= 4 is 6.09 Å². The molecule has 0 aromatic rings. The van der Waals surface area contributed by atoms with E-state index in [2.05, 4.69) is 11.8 Å². The minimum Gasteiger partial charge on any atom is -0.453 e. The lowest BCUT2D eigenvalue weighted by atomic mass is 9.87. The van der Waals surface area contributed by atoms with Crippen LogP contribution in [0.25, 0.3) is 0 Å². The molecule has 0 aromatic carbocycles. The molecule has 0 saturated carbocycles. The smallest absolute Gasteiger partial charge is 0.409 e. The van der Waals surface area contributed by atoms with Gasteiger partial charge in [-0.3, -0.25) is 4.90 Å². The van der Waals surface area contributed by atoms with E-state index in [-0.39, 0.29) is 6.09 Å². The van der Waals surface area contributed by atoms with E-state index in [1.54, 1.807) is 0 Å². The lowest BCUT2D eigenvalue weighted by Gasteiger charge is -2.56. The first-order valence-electron chi connectivity index (χ1n) is 5.35. The van der Waals surface area contributed by atoms with Gasteiger partial charge >= 0.3 is 6.09 Å². The summed E-state index contributed by atoms with van der Waals surface area (Å²) in [4.78, 5) is 15.6. The van der Waals surface area contributed by atoms with E-state index in [1.807, 2.05) is 4.90 Å². The third-order valence-corrected chi connectivity index (χ3v) is 3.26. The van der Waals surface area contributed by atoms with Gasteiger partial charge in [0.1, 0.15) is 0 Å². The third kappa shape index (κ3) is 1.47. The lowest BCUT2D eigenvalue weighted by molar-refractivity contribution is -0.0619. The largest absolute Gasteiger partial charge is 0.453 e. The minimum absolute atomic E-state index is 0.171. The molecule has 3 saturated heterocycles. The number of amides is 1. The molecule has 0 aromatic heterocycles. The molecule has 0 radical (unpaired) electrons. The van der Waals surface area contributed by atoms with Gasteiger partial charge in [0, 0.05) is 25.2 Å². The highest BCUT2D eigenvalue weighted by molar-refractivity contribution is 5.67. The van der Waals surface area contributed by atoms with Gasteiger partial charge in [0.05, 0.1) is 7.11 Å². The van der Waals surface area contributed by atoms with Crippen LogP contribution >= 0.6 is 0 Å². The molecule has 4 nitrogen and oxygen atoms in total. The van der Waals surface area contributed by atoms with Crippen molar-refractivity contribution in [1.29, 1.82) is 0 Å². The van der Waals surface area contributed by atoms with Gasteiger partial charge in [0.15, 0.2) is 0 Å². The summed E-state index contributed by atoms with van der Waals surface area (Å²) in [6.45, 7) is 5.07. The van der Waals surface area contributed by atoms with Crippen LogP contribution in [0, 0.1) is 0 Å². The Hall–Kier alpha value is -0.770. The van der Waals surface area contributed by atoms with Gasteiger partial charge in [-0.1, -0.05) is 6.92 Å². The van der Waals surface area contributed by atoms with Gasteiger partial charge in [-0.25, -0.2) is 4.79 Å². The quantitative estimate of drug-likeness (QED) is 0.661. The highest BCUT2D eigenvalue weighted by Gasteiger charge is 2.45. The van der Waals surface area contributed by atoms with Crippen LogP contribution in [0.5, 0.6) is 0 Å². The second kappa shape index (κ2) is 3.77. The number of methoxy groups -OCH3 is 1. The molecule has 3 heterocycles. The lowest BCUT2D eigenvalue weighted by Crippen LogP contribution is -2.69. The Balaban J connectivity index is 1.88. The molecule has 2 atom stereocenters. The van der Waals surface area contributed by atoms with Gasteiger partial charge in [-0.05, 0) is 19.4 Å². The summed E-state index contributed by atoms with van der Waals surface area (Å²) in [6, 6.07) is 1.18. The Kier molecular flexibility index (Phi) is 2.63. The van der Waals surface area contributed by atoms with Crippen LogP contribution in [0.4, 0.5) is 4.79 Å². The molecule has 0 aliphatic carbocycles. The minimum atomic E-state index is -0.171. The molecule has 2 unspecified atom stereocenters. The van der Waals surface area contributed by atoms with Crippen LogP contribution in [0.15, 0.2) is 0 Å². The Morgan fingerprint density at radius 1 is 1.43 bits per heavy atom. The molecule has 3 fully saturated rings. The van der Waals surface area contributed by atoms with Crippen LogP contribution in [0.1, 0.15) is 19.8 Å². The van der Waals surface area contributed by atoms with Crippen molar-refractivity contribution in [3.8, 4) is 0 Å². The molecule has 4 heteroatoms. The highest BCUT2D eigenvalue weighted by Crippen LogP contribution is 2.32. The van der Waals surface area contributed by atoms with Gasteiger partial charge in [-0.15, -0.1) is 0 Å². The molecule has 3 rings (SSSR count). The molecule has 0 N–H and O–H groups in total. The maximum atomic E-state index is 11.3. The van der Waals surface area contributed by atoms with E-state index in [9.17, 15) is 4.79 Å². The first-order chi connectivity index (χ1) is 6.76. The third-order valence-electron chi connectivity index (χ3n) is 3.26. The Morgan fingerprint density at radius 2 is 2.07 bits per heavy atom. The number of piperazine rings is 1. The van der Waals surface area contributed by atoms with Crippen LogP contribution in [-0.2, 0) is 4.74 Å². The molecule has 1 amide bonds. The normalized spacial score (nSPS) is 31.1. The fourth-order valence-electron chi connectivity index (χ4n) is 2.59. The molecule has 0 spiro atoms. The number of rotatable bonds is 2. The van der Waals surface area contributed by atoms with Crippen molar-refractivity contribution in [2.45, 2.75) is 31.8 Å². The van der Waals surface area contributed by atoms with Crippen LogP contribution in [-0.4, -0.2) is 54.7 Å². The average Bonchev–Trinajstić information content (AvgIpc) is 2.24. The van der Waals surface area contributed by atoms with Gasteiger partial charge < -0.3 is 9.64 Å². The van der Waals surface area contributed by atoms with E-state index in [0.717, 1.165) is 13.1 Å². The Labute approximate surface area is 84.8 Å². The van der Waals surface area contributed by atoms with Crippen LogP contribution in [0.2, 0.25) is 0 Å². The number of nitrogens with zero attached hydrogens (tertiary/aromatic N) is 2. The van der Waals surface area contributed by atoms with Crippen molar-refractivity contribution in [2.24, 2.45) is 0 Å². The van der Waals surface area contributed by atoms with Crippen molar-refractivity contribution < 1.29 is 9.53 Å². The Bertz CT molecular complexity index is 220. The predicted octanol–water partition coefficient (Wildman–Crippen LogP) is 0.921. The number of hydrogen-bond acceptors (Lipinski definition) is 3. The molecule has 14 heavy (non-hydrogen) atoms. The second-order valence-corrected chi connectivity index (χ2v) is 4.16. The maximum Gasteiger partial charge on any atom is 0.409 e. The molecule has 80 valence electrons. The second-order valence-electron chi connectivity index (χ2n) is 4.16. The summed E-state index contributed by atoms with van der Waals surface area (Å²) in [5.41, 5.74) is 0. The van der Waals surface area contributed by atoms with Gasteiger partial charge in [-0.2, -0.15) is 0 Å². The number of ether oxygens (including phenoxy) is 1. The number of carbonyl (C=O) groups excluding carboxylic acids is 1.